The molecule has 0 saturated carbocycles. The smallest absolute Gasteiger partial charge is 0.0701 e. The Morgan fingerprint density at radius 2 is 0.513 bits per heavy atom. The Labute approximate surface area is 256 Å². The highest BCUT2D eigenvalue weighted by molar-refractivity contribution is 14.1. The molecule has 0 amide bonds. The number of unbranched alkanes of at least 4 members (excludes halogenated alkanes) is 16. The molecule has 0 bridgehead atoms. The summed E-state index contributed by atoms with van der Waals surface area (Å²) in [6.45, 7) is 10.1. The maximum absolute atomic E-state index is 5.67. The van der Waals surface area contributed by atoms with Gasteiger partial charge in [-0.2, -0.15) is 0 Å². The van der Waals surface area contributed by atoms with Gasteiger partial charge in [0.2, 0.25) is 0 Å². The molecule has 236 valence electrons. The van der Waals surface area contributed by atoms with Crippen molar-refractivity contribution in [2.45, 2.75) is 122 Å². The van der Waals surface area contributed by atoms with Crippen LogP contribution in [0.4, 0.5) is 0 Å². The predicted molar refractivity (Wildman–Crippen MR) is 173 cm³/mol. The van der Waals surface area contributed by atoms with Crippen molar-refractivity contribution in [2.24, 2.45) is 0 Å². The Balaban J connectivity index is 3.01. The molecule has 6 nitrogen and oxygen atoms in total. The van der Waals surface area contributed by atoms with Gasteiger partial charge >= 0.3 is 0 Å². The summed E-state index contributed by atoms with van der Waals surface area (Å²) >= 11 is 2.43. The fourth-order valence-electron chi connectivity index (χ4n) is 4.25. The third-order valence-electron chi connectivity index (χ3n) is 6.67. The minimum atomic E-state index is 0.583. The van der Waals surface area contributed by atoms with Gasteiger partial charge in [-0.05, 0) is 23.7 Å². The summed E-state index contributed by atoms with van der Waals surface area (Å²) in [5, 5.41) is 0. The molecule has 0 N–H and O–H groups in total. The van der Waals surface area contributed by atoms with E-state index >= 15 is 0 Å². The van der Waals surface area contributed by atoms with Crippen molar-refractivity contribution in [1.29, 1.82) is 0 Å². The van der Waals surface area contributed by atoms with Gasteiger partial charge in [-0.15, -0.1) is 0 Å². The molecular weight excluding hydrogens is 607 g/mol. The first kappa shape index (κ1) is 39.5. The van der Waals surface area contributed by atoms with Crippen LogP contribution in [-0.4, -0.2) is 83.7 Å². The summed E-state index contributed by atoms with van der Waals surface area (Å²) in [5.74, 6) is 0. The fourth-order valence-corrected chi connectivity index (χ4v) is 4.79. The number of hydrogen-bond donors (Lipinski definition) is 0. The second kappa shape index (κ2) is 38.5. The van der Waals surface area contributed by atoms with Crippen LogP contribution in [0.2, 0.25) is 0 Å². The van der Waals surface area contributed by atoms with Crippen molar-refractivity contribution in [2.75, 3.05) is 83.7 Å². The highest BCUT2D eigenvalue weighted by Crippen LogP contribution is 2.13. The highest BCUT2D eigenvalue weighted by atomic mass is 127. The summed E-state index contributed by atoms with van der Waals surface area (Å²) in [6.07, 6.45) is 24.5. The highest BCUT2D eigenvalue weighted by Gasteiger charge is 1.97. The van der Waals surface area contributed by atoms with Crippen molar-refractivity contribution >= 4 is 22.6 Å². The molecule has 7 heteroatoms. The zero-order valence-electron chi connectivity index (χ0n) is 25.7. The lowest BCUT2D eigenvalue weighted by atomic mass is 10.0. The van der Waals surface area contributed by atoms with Crippen LogP contribution in [-0.2, 0) is 28.4 Å². The minimum Gasteiger partial charge on any atom is -0.379 e. The van der Waals surface area contributed by atoms with E-state index in [1.165, 1.54) is 114 Å². The van der Waals surface area contributed by atoms with Gasteiger partial charge < -0.3 is 28.4 Å². The molecule has 0 aliphatic rings. The van der Waals surface area contributed by atoms with Crippen LogP contribution in [0.1, 0.15) is 122 Å². The number of halogens is 1. The Bertz CT molecular complexity index is 380. The molecule has 0 atom stereocenters. The van der Waals surface area contributed by atoms with Gasteiger partial charge in [0.25, 0.3) is 0 Å². The normalized spacial score (nSPS) is 11.5. The lowest BCUT2D eigenvalue weighted by Gasteiger charge is -2.08. The standard InChI is InChI=1S/C32H65IO6/c1-2-3-4-5-6-7-8-9-10-11-12-13-15-18-21-34-23-25-36-27-29-38-31-32-39-30-28-37-26-24-35-22-19-16-14-17-20-33/h2-32H2,1H3. The van der Waals surface area contributed by atoms with E-state index in [9.17, 15) is 0 Å². The second-order valence-corrected chi connectivity index (χ2v) is 11.5. The molecule has 0 rings (SSSR count). The molecule has 0 fully saturated rings. The van der Waals surface area contributed by atoms with E-state index in [1.807, 2.05) is 0 Å². The number of alkyl halides is 1. The van der Waals surface area contributed by atoms with Gasteiger partial charge in [-0.25, -0.2) is 0 Å². The third-order valence-corrected chi connectivity index (χ3v) is 7.44. The summed E-state index contributed by atoms with van der Waals surface area (Å²) in [5.41, 5.74) is 0. The number of rotatable bonds is 36. The largest absolute Gasteiger partial charge is 0.379 e. The molecule has 39 heavy (non-hydrogen) atoms. The van der Waals surface area contributed by atoms with Crippen molar-refractivity contribution in [3.63, 3.8) is 0 Å². The Hall–Kier alpha value is 0.490. The van der Waals surface area contributed by atoms with Crippen molar-refractivity contribution in [3.8, 4) is 0 Å². The molecular formula is C32H65IO6. The molecule has 0 heterocycles. The molecule has 0 aliphatic heterocycles. The molecule has 0 aromatic heterocycles. The fraction of sp³-hybridized carbons (Fsp3) is 1.00. The average molecular weight is 673 g/mol. The van der Waals surface area contributed by atoms with E-state index in [-0.39, 0.29) is 0 Å². The van der Waals surface area contributed by atoms with Gasteiger partial charge in [0.15, 0.2) is 0 Å². The molecule has 0 aromatic rings. The minimum absolute atomic E-state index is 0.583. The van der Waals surface area contributed by atoms with E-state index in [0.717, 1.165) is 19.6 Å². The Morgan fingerprint density at radius 3 is 0.795 bits per heavy atom. The maximum atomic E-state index is 5.67. The predicted octanol–water partition coefficient (Wildman–Crippen LogP) is 8.56. The first-order valence-corrected chi connectivity index (χ1v) is 18.0. The lowest BCUT2D eigenvalue weighted by molar-refractivity contribution is -0.0169. The SMILES string of the molecule is CCCCCCCCCCCCCCCCOCCOCCOCCOCCOCCOCCCCCCI. The van der Waals surface area contributed by atoms with E-state index in [4.69, 9.17) is 28.4 Å². The van der Waals surface area contributed by atoms with E-state index in [2.05, 4.69) is 29.5 Å². The van der Waals surface area contributed by atoms with Crippen LogP contribution < -0.4 is 0 Å². The summed E-state index contributed by atoms with van der Waals surface area (Å²) < 4.78 is 34.6. The quantitative estimate of drug-likeness (QED) is 0.0378. The summed E-state index contributed by atoms with van der Waals surface area (Å²) in [7, 11) is 0. The topological polar surface area (TPSA) is 55.4 Å². The van der Waals surface area contributed by atoms with Crippen molar-refractivity contribution in [3.05, 3.63) is 0 Å². The maximum Gasteiger partial charge on any atom is 0.0701 e. The zero-order valence-corrected chi connectivity index (χ0v) is 27.9. The average Bonchev–Trinajstić information content (AvgIpc) is 2.95. The first-order chi connectivity index (χ1) is 19.4. The summed E-state index contributed by atoms with van der Waals surface area (Å²) in [4.78, 5) is 0. The van der Waals surface area contributed by atoms with Crippen molar-refractivity contribution < 1.29 is 28.4 Å². The van der Waals surface area contributed by atoms with Crippen LogP contribution in [0.5, 0.6) is 0 Å². The molecule has 0 unspecified atom stereocenters. The van der Waals surface area contributed by atoms with Crippen LogP contribution in [0.3, 0.4) is 0 Å². The lowest BCUT2D eigenvalue weighted by Crippen LogP contribution is -2.14. The van der Waals surface area contributed by atoms with Gasteiger partial charge in [-0.1, -0.05) is 126 Å². The molecule has 0 saturated heterocycles. The molecule has 0 radical (unpaired) electrons. The van der Waals surface area contributed by atoms with Crippen LogP contribution in [0, 0.1) is 0 Å². The molecule has 0 spiro atoms. The van der Waals surface area contributed by atoms with Gasteiger partial charge in [0.1, 0.15) is 0 Å². The molecule has 0 aromatic carbocycles. The van der Waals surface area contributed by atoms with Crippen LogP contribution in [0.25, 0.3) is 0 Å². The van der Waals surface area contributed by atoms with E-state index < -0.39 is 0 Å². The van der Waals surface area contributed by atoms with E-state index in [0.29, 0.717) is 66.1 Å². The molecule has 0 aliphatic carbocycles. The van der Waals surface area contributed by atoms with E-state index in [1.54, 1.807) is 0 Å². The van der Waals surface area contributed by atoms with Crippen LogP contribution in [0.15, 0.2) is 0 Å². The second-order valence-electron chi connectivity index (χ2n) is 10.4. The summed E-state index contributed by atoms with van der Waals surface area (Å²) in [6, 6.07) is 0. The number of hydrogen-bond acceptors (Lipinski definition) is 6. The third kappa shape index (κ3) is 38.5. The van der Waals surface area contributed by atoms with Crippen molar-refractivity contribution in [1.82, 2.24) is 0 Å². The Kier molecular flexibility index (Phi) is 39.0. The van der Waals surface area contributed by atoms with Gasteiger partial charge in [0, 0.05) is 13.2 Å². The van der Waals surface area contributed by atoms with Gasteiger partial charge in [-0.3, -0.25) is 0 Å². The van der Waals surface area contributed by atoms with Crippen LogP contribution >= 0.6 is 22.6 Å². The first-order valence-electron chi connectivity index (χ1n) is 16.4. The van der Waals surface area contributed by atoms with Gasteiger partial charge in [0.05, 0.1) is 66.1 Å². The monoisotopic (exact) mass is 672 g/mol. The Morgan fingerprint density at radius 1 is 0.282 bits per heavy atom. The zero-order chi connectivity index (χ0) is 28.2. The number of ether oxygens (including phenoxy) is 6.